The Morgan fingerprint density at radius 3 is 2.17 bits per heavy atom. The molecule has 1 aromatic carbocycles. The van der Waals surface area contributed by atoms with Gasteiger partial charge in [0, 0.05) is 11.3 Å². The number of aryl methyl sites for hydroxylation is 2. The molecule has 5 heteroatoms. The van der Waals surface area contributed by atoms with E-state index in [1.165, 1.54) is 12.1 Å². The van der Waals surface area contributed by atoms with E-state index in [9.17, 15) is 13.2 Å². The maximum Gasteiger partial charge on any atom is 0.416 e. The summed E-state index contributed by atoms with van der Waals surface area (Å²) in [6.45, 7) is 3.84. The third-order valence-electron chi connectivity index (χ3n) is 2.65. The van der Waals surface area contributed by atoms with Gasteiger partial charge in [0.2, 0.25) is 0 Å². The molecule has 0 atom stereocenters. The van der Waals surface area contributed by atoms with Crippen LogP contribution in [0.15, 0.2) is 24.3 Å². The van der Waals surface area contributed by atoms with Gasteiger partial charge in [0.1, 0.15) is 0 Å². The Hall–Kier alpha value is -1.36. The predicted molar refractivity (Wildman–Crippen MR) is 65.8 cm³/mol. The monoisotopic (exact) mass is 271 g/mol. The Labute approximate surface area is 107 Å². The van der Waals surface area contributed by atoms with Crippen molar-refractivity contribution in [3.05, 3.63) is 51.0 Å². The number of aromatic nitrogens is 1. The highest BCUT2D eigenvalue weighted by molar-refractivity contribution is 7.11. The maximum atomic E-state index is 12.4. The third kappa shape index (κ3) is 2.90. The molecule has 2 aromatic rings. The van der Waals surface area contributed by atoms with Gasteiger partial charge in [0.05, 0.1) is 16.3 Å². The zero-order valence-electron chi connectivity index (χ0n) is 10.0. The first-order chi connectivity index (χ1) is 8.36. The van der Waals surface area contributed by atoms with E-state index >= 15 is 0 Å². The van der Waals surface area contributed by atoms with Crippen molar-refractivity contribution in [2.45, 2.75) is 26.4 Å². The lowest BCUT2D eigenvalue weighted by atomic mass is 10.1. The fourth-order valence-corrected chi connectivity index (χ4v) is 2.71. The van der Waals surface area contributed by atoms with E-state index in [4.69, 9.17) is 0 Å². The van der Waals surface area contributed by atoms with Gasteiger partial charge in [-0.1, -0.05) is 12.1 Å². The molecule has 0 saturated heterocycles. The summed E-state index contributed by atoms with van der Waals surface area (Å²) in [5, 5.41) is 0.981. The Morgan fingerprint density at radius 1 is 1.11 bits per heavy atom. The van der Waals surface area contributed by atoms with E-state index in [0.29, 0.717) is 6.42 Å². The number of hydrogen-bond acceptors (Lipinski definition) is 2. The van der Waals surface area contributed by atoms with Crippen LogP contribution in [0.2, 0.25) is 0 Å². The molecule has 0 aliphatic heterocycles. The lowest BCUT2D eigenvalue weighted by Crippen LogP contribution is -2.04. The predicted octanol–water partition coefficient (Wildman–Crippen LogP) is 4.37. The summed E-state index contributed by atoms with van der Waals surface area (Å²) in [4.78, 5) is 5.41. The molecule has 0 bridgehead atoms. The van der Waals surface area contributed by atoms with Gasteiger partial charge >= 0.3 is 6.18 Å². The third-order valence-corrected chi connectivity index (χ3v) is 3.72. The molecule has 0 aliphatic carbocycles. The zero-order valence-corrected chi connectivity index (χ0v) is 10.8. The summed E-state index contributed by atoms with van der Waals surface area (Å²) in [7, 11) is 0. The van der Waals surface area contributed by atoms with Crippen LogP contribution in [0.5, 0.6) is 0 Å². The van der Waals surface area contributed by atoms with Crippen LogP contribution in [0.3, 0.4) is 0 Å². The van der Waals surface area contributed by atoms with Crippen molar-refractivity contribution in [3.8, 4) is 0 Å². The second-order valence-electron chi connectivity index (χ2n) is 4.11. The molecular weight excluding hydrogens is 259 g/mol. The van der Waals surface area contributed by atoms with Crippen LogP contribution >= 0.6 is 11.3 Å². The van der Waals surface area contributed by atoms with E-state index in [2.05, 4.69) is 4.98 Å². The number of halogens is 3. The van der Waals surface area contributed by atoms with Crippen molar-refractivity contribution < 1.29 is 13.2 Å². The summed E-state index contributed by atoms with van der Waals surface area (Å²) in [6.07, 6.45) is -3.63. The molecular formula is C13H12F3NS. The molecule has 96 valence electrons. The minimum Gasteiger partial charge on any atom is -0.247 e. The van der Waals surface area contributed by atoms with Gasteiger partial charge in [0.15, 0.2) is 0 Å². The normalized spacial score (nSPS) is 11.8. The van der Waals surface area contributed by atoms with E-state index in [1.807, 2.05) is 13.8 Å². The molecule has 0 radical (unpaired) electrons. The number of benzene rings is 1. The summed E-state index contributed by atoms with van der Waals surface area (Å²) in [5.74, 6) is 0. The van der Waals surface area contributed by atoms with Gasteiger partial charge in [-0.25, -0.2) is 4.98 Å². The molecule has 18 heavy (non-hydrogen) atoms. The number of alkyl halides is 3. The molecule has 0 amide bonds. The quantitative estimate of drug-likeness (QED) is 0.790. The fourth-order valence-electron chi connectivity index (χ4n) is 1.73. The van der Waals surface area contributed by atoms with Crippen molar-refractivity contribution >= 4 is 11.3 Å². The molecule has 1 nitrogen and oxygen atoms in total. The molecule has 2 rings (SSSR count). The Bertz CT molecular complexity index is 540. The first-order valence-corrected chi connectivity index (χ1v) is 6.27. The van der Waals surface area contributed by atoms with Crippen LogP contribution in [0.25, 0.3) is 0 Å². The molecule has 0 unspecified atom stereocenters. The molecule has 0 aliphatic rings. The van der Waals surface area contributed by atoms with Crippen LogP contribution in [-0.4, -0.2) is 4.98 Å². The highest BCUT2D eigenvalue weighted by Gasteiger charge is 2.29. The van der Waals surface area contributed by atoms with Crippen molar-refractivity contribution in [1.82, 2.24) is 4.98 Å². The standard InChI is InChI=1S/C13H12F3NS/c1-8-12(18-9(2)17-8)7-10-3-5-11(6-4-10)13(14,15)16/h3-6H,7H2,1-2H3. The number of rotatable bonds is 2. The highest BCUT2D eigenvalue weighted by Crippen LogP contribution is 2.29. The minimum atomic E-state index is -4.27. The summed E-state index contributed by atoms with van der Waals surface area (Å²) in [6, 6.07) is 5.30. The highest BCUT2D eigenvalue weighted by atomic mass is 32.1. The van der Waals surface area contributed by atoms with Crippen LogP contribution in [0.1, 0.15) is 26.7 Å². The molecule has 0 N–H and O–H groups in total. The van der Waals surface area contributed by atoms with E-state index in [0.717, 1.165) is 33.3 Å². The van der Waals surface area contributed by atoms with E-state index in [-0.39, 0.29) is 0 Å². The first-order valence-electron chi connectivity index (χ1n) is 5.45. The largest absolute Gasteiger partial charge is 0.416 e. The lowest BCUT2D eigenvalue weighted by Gasteiger charge is -2.07. The van der Waals surface area contributed by atoms with Crippen molar-refractivity contribution in [1.29, 1.82) is 0 Å². The zero-order chi connectivity index (χ0) is 13.3. The molecule has 1 heterocycles. The lowest BCUT2D eigenvalue weighted by molar-refractivity contribution is -0.137. The second kappa shape index (κ2) is 4.72. The molecule has 1 aromatic heterocycles. The van der Waals surface area contributed by atoms with Crippen LogP contribution in [0.4, 0.5) is 13.2 Å². The smallest absolute Gasteiger partial charge is 0.247 e. The van der Waals surface area contributed by atoms with Crippen LogP contribution < -0.4 is 0 Å². The Balaban J connectivity index is 2.18. The summed E-state index contributed by atoms with van der Waals surface area (Å²) >= 11 is 1.59. The van der Waals surface area contributed by atoms with Gasteiger partial charge in [-0.15, -0.1) is 11.3 Å². The molecule has 0 spiro atoms. The van der Waals surface area contributed by atoms with Gasteiger partial charge in [-0.2, -0.15) is 13.2 Å². The average molecular weight is 271 g/mol. The average Bonchev–Trinajstić information content (AvgIpc) is 2.57. The number of nitrogens with zero attached hydrogens (tertiary/aromatic N) is 1. The van der Waals surface area contributed by atoms with Crippen LogP contribution in [0, 0.1) is 13.8 Å². The topological polar surface area (TPSA) is 12.9 Å². The number of thiazole rings is 1. The Kier molecular flexibility index (Phi) is 3.43. The van der Waals surface area contributed by atoms with Crippen molar-refractivity contribution in [3.63, 3.8) is 0 Å². The fraction of sp³-hybridized carbons (Fsp3) is 0.308. The second-order valence-corrected chi connectivity index (χ2v) is 5.40. The maximum absolute atomic E-state index is 12.4. The number of hydrogen-bond donors (Lipinski definition) is 0. The SMILES string of the molecule is Cc1nc(C)c(Cc2ccc(C(F)(F)F)cc2)s1. The van der Waals surface area contributed by atoms with E-state index in [1.54, 1.807) is 11.3 Å². The van der Waals surface area contributed by atoms with Gasteiger partial charge < -0.3 is 0 Å². The molecule has 0 fully saturated rings. The summed E-state index contributed by atoms with van der Waals surface area (Å²) < 4.78 is 37.2. The van der Waals surface area contributed by atoms with Crippen LogP contribution in [-0.2, 0) is 12.6 Å². The molecule has 0 saturated carbocycles. The van der Waals surface area contributed by atoms with Crippen molar-refractivity contribution in [2.75, 3.05) is 0 Å². The van der Waals surface area contributed by atoms with Crippen molar-refractivity contribution in [2.24, 2.45) is 0 Å². The van der Waals surface area contributed by atoms with Gasteiger partial charge in [-0.3, -0.25) is 0 Å². The first kappa shape index (κ1) is 13.1. The van der Waals surface area contributed by atoms with E-state index < -0.39 is 11.7 Å². The summed E-state index contributed by atoms with van der Waals surface area (Å²) in [5.41, 5.74) is 1.22. The van der Waals surface area contributed by atoms with Gasteiger partial charge in [-0.05, 0) is 31.5 Å². The Morgan fingerprint density at radius 2 is 1.72 bits per heavy atom. The minimum absolute atomic E-state index is 0.608. The van der Waals surface area contributed by atoms with Gasteiger partial charge in [0.25, 0.3) is 0 Å².